The lowest BCUT2D eigenvalue weighted by atomic mass is 10.2. The van der Waals surface area contributed by atoms with Crippen molar-refractivity contribution in [3.8, 4) is 0 Å². The largest absolute Gasteiger partial charge is 0.461 e. The number of hydrogen-bond donors (Lipinski definition) is 1. The Bertz CT molecular complexity index is 500. The van der Waals surface area contributed by atoms with E-state index in [0.717, 1.165) is 48.7 Å². The number of fused-ring (bicyclic) bond motifs is 1. The number of pyridine rings is 1. The molecule has 3 heterocycles. The number of nitrogens with one attached hydrogen (secondary N) is 1. The predicted molar refractivity (Wildman–Crippen MR) is 63.8 cm³/mol. The third kappa shape index (κ3) is 1.55. The van der Waals surface area contributed by atoms with Gasteiger partial charge in [-0.05, 0) is 19.1 Å². The zero-order valence-corrected chi connectivity index (χ0v) is 9.36. The van der Waals surface area contributed by atoms with Gasteiger partial charge in [0.25, 0.3) is 0 Å². The van der Waals surface area contributed by atoms with Crippen LogP contribution in [0.1, 0.15) is 5.76 Å². The van der Waals surface area contributed by atoms with Crippen molar-refractivity contribution < 1.29 is 4.42 Å². The van der Waals surface area contributed by atoms with Gasteiger partial charge in [0.15, 0.2) is 0 Å². The number of aryl methyl sites for hydroxylation is 1. The van der Waals surface area contributed by atoms with Crippen molar-refractivity contribution in [2.75, 3.05) is 31.1 Å². The van der Waals surface area contributed by atoms with Gasteiger partial charge < -0.3 is 14.6 Å². The molecule has 1 fully saturated rings. The minimum atomic E-state index is 0.932. The molecule has 0 unspecified atom stereocenters. The highest BCUT2D eigenvalue weighted by Crippen LogP contribution is 2.27. The molecule has 0 aliphatic carbocycles. The van der Waals surface area contributed by atoms with E-state index in [1.165, 1.54) is 0 Å². The van der Waals surface area contributed by atoms with Crippen molar-refractivity contribution in [2.45, 2.75) is 6.92 Å². The molecule has 0 spiro atoms. The van der Waals surface area contributed by atoms with Crippen molar-refractivity contribution in [2.24, 2.45) is 0 Å². The normalized spacial score (nSPS) is 16.9. The van der Waals surface area contributed by atoms with Crippen molar-refractivity contribution in [3.05, 3.63) is 24.1 Å². The summed E-state index contributed by atoms with van der Waals surface area (Å²) >= 11 is 0. The molecule has 3 rings (SSSR count). The molecule has 0 aromatic carbocycles. The molecule has 1 N–H and O–H groups in total. The van der Waals surface area contributed by atoms with E-state index < -0.39 is 0 Å². The number of anilines is 1. The molecule has 0 saturated carbocycles. The summed E-state index contributed by atoms with van der Waals surface area (Å²) in [5, 5.41) is 4.47. The Labute approximate surface area is 94.3 Å². The van der Waals surface area contributed by atoms with E-state index in [2.05, 4.69) is 21.3 Å². The summed E-state index contributed by atoms with van der Waals surface area (Å²) < 4.78 is 5.62. The molecule has 16 heavy (non-hydrogen) atoms. The molecule has 1 aliphatic heterocycles. The highest BCUT2D eigenvalue weighted by Gasteiger charge is 2.15. The van der Waals surface area contributed by atoms with E-state index in [0.29, 0.717) is 0 Å². The second-order valence-corrected chi connectivity index (χ2v) is 4.14. The summed E-state index contributed by atoms with van der Waals surface area (Å²) in [5.74, 6) is 2.00. The summed E-state index contributed by atoms with van der Waals surface area (Å²) in [6.45, 7) is 6.04. The molecule has 4 heteroatoms. The van der Waals surface area contributed by atoms with Gasteiger partial charge in [-0.25, -0.2) is 4.98 Å². The van der Waals surface area contributed by atoms with E-state index in [1.807, 2.05) is 19.2 Å². The number of piperazine rings is 1. The van der Waals surface area contributed by atoms with Crippen LogP contribution in [0.3, 0.4) is 0 Å². The van der Waals surface area contributed by atoms with E-state index >= 15 is 0 Å². The monoisotopic (exact) mass is 217 g/mol. The molecule has 1 saturated heterocycles. The molecule has 0 amide bonds. The molecule has 0 atom stereocenters. The molecule has 2 aromatic heterocycles. The van der Waals surface area contributed by atoms with Crippen LogP contribution in [0, 0.1) is 6.92 Å². The average molecular weight is 217 g/mol. The fraction of sp³-hybridized carbons (Fsp3) is 0.417. The minimum absolute atomic E-state index is 0.932. The quantitative estimate of drug-likeness (QED) is 0.786. The van der Waals surface area contributed by atoms with Gasteiger partial charge in [0.2, 0.25) is 0 Å². The topological polar surface area (TPSA) is 41.3 Å². The fourth-order valence-electron chi connectivity index (χ4n) is 2.20. The van der Waals surface area contributed by atoms with E-state index in [4.69, 9.17) is 4.42 Å². The first kappa shape index (κ1) is 9.66. The average Bonchev–Trinajstić information content (AvgIpc) is 2.70. The highest BCUT2D eigenvalue weighted by molar-refractivity contribution is 5.89. The third-order valence-electron chi connectivity index (χ3n) is 2.96. The van der Waals surface area contributed by atoms with Crippen molar-refractivity contribution in [1.29, 1.82) is 0 Å². The summed E-state index contributed by atoms with van der Waals surface area (Å²) in [6, 6.07) is 3.99. The summed E-state index contributed by atoms with van der Waals surface area (Å²) in [7, 11) is 0. The second kappa shape index (κ2) is 3.79. The number of nitrogens with zero attached hydrogens (tertiary/aromatic N) is 2. The van der Waals surface area contributed by atoms with Gasteiger partial charge in [-0.1, -0.05) is 0 Å². The van der Waals surface area contributed by atoms with Gasteiger partial charge in [-0.3, -0.25) is 0 Å². The summed E-state index contributed by atoms with van der Waals surface area (Å²) in [6.07, 6.45) is 1.82. The lowest BCUT2D eigenvalue weighted by Crippen LogP contribution is -2.43. The first-order valence-corrected chi connectivity index (χ1v) is 5.65. The van der Waals surface area contributed by atoms with Gasteiger partial charge in [-0.2, -0.15) is 0 Å². The maximum absolute atomic E-state index is 5.62. The SMILES string of the molecule is Cc1cc2c(N3CCNCC3)nccc2o1. The fourth-order valence-corrected chi connectivity index (χ4v) is 2.20. The number of hydrogen-bond acceptors (Lipinski definition) is 4. The van der Waals surface area contributed by atoms with Gasteiger partial charge in [0, 0.05) is 32.4 Å². The molecular weight excluding hydrogens is 202 g/mol. The van der Waals surface area contributed by atoms with Crippen LogP contribution < -0.4 is 10.2 Å². The van der Waals surface area contributed by atoms with E-state index in [1.54, 1.807) is 0 Å². The zero-order valence-electron chi connectivity index (χ0n) is 9.36. The summed E-state index contributed by atoms with van der Waals surface area (Å²) in [5.41, 5.74) is 0.932. The Hall–Kier alpha value is -1.55. The van der Waals surface area contributed by atoms with Gasteiger partial charge in [-0.15, -0.1) is 0 Å². The van der Waals surface area contributed by atoms with Gasteiger partial charge in [0.1, 0.15) is 17.2 Å². The number of rotatable bonds is 1. The highest BCUT2D eigenvalue weighted by atomic mass is 16.3. The molecule has 2 aromatic rings. The van der Waals surface area contributed by atoms with E-state index in [-0.39, 0.29) is 0 Å². The van der Waals surface area contributed by atoms with Gasteiger partial charge in [0.05, 0.1) is 5.39 Å². The Morgan fingerprint density at radius 3 is 3.00 bits per heavy atom. The first-order chi connectivity index (χ1) is 7.84. The van der Waals surface area contributed by atoms with Crippen LogP contribution in [0.4, 0.5) is 5.82 Å². The number of aromatic nitrogens is 1. The Morgan fingerprint density at radius 1 is 1.38 bits per heavy atom. The van der Waals surface area contributed by atoms with Crippen LogP contribution >= 0.6 is 0 Å². The molecule has 84 valence electrons. The Morgan fingerprint density at radius 2 is 2.19 bits per heavy atom. The Balaban J connectivity index is 2.07. The maximum Gasteiger partial charge on any atom is 0.139 e. The predicted octanol–water partition coefficient (Wildman–Crippen LogP) is 1.55. The van der Waals surface area contributed by atoms with Crippen LogP contribution in [-0.4, -0.2) is 31.2 Å². The zero-order chi connectivity index (χ0) is 11.0. The lowest BCUT2D eigenvalue weighted by Gasteiger charge is -2.28. The van der Waals surface area contributed by atoms with Crippen molar-refractivity contribution >= 4 is 16.8 Å². The molecule has 0 bridgehead atoms. The summed E-state index contributed by atoms with van der Waals surface area (Å²) in [4.78, 5) is 6.80. The van der Waals surface area contributed by atoms with Crippen molar-refractivity contribution in [3.63, 3.8) is 0 Å². The van der Waals surface area contributed by atoms with Crippen molar-refractivity contribution in [1.82, 2.24) is 10.3 Å². The third-order valence-corrected chi connectivity index (χ3v) is 2.96. The Kier molecular flexibility index (Phi) is 2.29. The second-order valence-electron chi connectivity index (χ2n) is 4.14. The molecule has 1 aliphatic rings. The van der Waals surface area contributed by atoms with Crippen LogP contribution in [0.15, 0.2) is 22.7 Å². The minimum Gasteiger partial charge on any atom is -0.461 e. The van der Waals surface area contributed by atoms with Crippen LogP contribution in [0.2, 0.25) is 0 Å². The van der Waals surface area contributed by atoms with Crippen LogP contribution in [0.25, 0.3) is 11.0 Å². The molecule has 4 nitrogen and oxygen atoms in total. The maximum atomic E-state index is 5.62. The van der Waals surface area contributed by atoms with Gasteiger partial charge >= 0.3 is 0 Å². The first-order valence-electron chi connectivity index (χ1n) is 5.65. The van der Waals surface area contributed by atoms with Crippen LogP contribution in [0.5, 0.6) is 0 Å². The van der Waals surface area contributed by atoms with Crippen LogP contribution in [-0.2, 0) is 0 Å². The molecular formula is C12H15N3O. The van der Waals surface area contributed by atoms with E-state index in [9.17, 15) is 0 Å². The molecule has 0 radical (unpaired) electrons. The number of furan rings is 1. The smallest absolute Gasteiger partial charge is 0.139 e. The standard InChI is InChI=1S/C12H15N3O/c1-9-8-10-11(16-9)2-3-14-12(10)15-6-4-13-5-7-15/h2-3,8,13H,4-7H2,1H3. The lowest BCUT2D eigenvalue weighted by molar-refractivity contribution is 0.576.